The van der Waals surface area contributed by atoms with Gasteiger partial charge in [-0.2, -0.15) is 20.1 Å². The predicted octanol–water partition coefficient (Wildman–Crippen LogP) is 0.390. The molecular weight excluding hydrogens is 236 g/mol. The maximum atomic E-state index is 4.66. The molecule has 3 N–H and O–H groups in total. The molecule has 3 aromatic rings. The molecule has 0 aliphatic carbocycles. The van der Waals surface area contributed by atoms with Crippen molar-refractivity contribution in [3.63, 3.8) is 0 Å². The number of nitrogens with zero attached hydrogens (tertiary/aromatic N) is 5. The van der Waals surface area contributed by atoms with Crippen LogP contribution in [-0.2, 0) is 6.54 Å². The van der Waals surface area contributed by atoms with Crippen LogP contribution in [0.5, 0.6) is 0 Å². The predicted molar refractivity (Wildman–Crippen MR) is 62.9 cm³/mol. The number of rotatable bonds is 4. The number of anilines is 2. The third kappa shape index (κ3) is 1.81. The Morgan fingerprint density at radius 2 is 2.33 bits per heavy atom. The molecule has 0 aliphatic heterocycles. The molecule has 0 unspecified atom stereocenters. The Morgan fingerprint density at radius 1 is 1.39 bits per heavy atom. The minimum atomic E-state index is 0.414. The molecule has 0 saturated heterocycles. The van der Waals surface area contributed by atoms with Gasteiger partial charge in [-0.3, -0.25) is 5.10 Å². The Hall–Kier alpha value is -2.71. The molecule has 0 amide bonds. The van der Waals surface area contributed by atoms with E-state index >= 15 is 0 Å². The minimum absolute atomic E-state index is 0.414. The highest BCUT2D eigenvalue weighted by molar-refractivity contribution is 5.86. The van der Waals surface area contributed by atoms with Gasteiger partial charge in [-0.15, -0.1) is 0 Å². The van der Waals surface area contributed by atoms with Gasteiger partial charge in [0, 0.05) is 7.05 Å². The van der Waals surface area contributed by atoms with Gasteiger partial charge < -0.3 is 15.2 Å². The summed E-state index contributed by atoms with van der Waals surface area (Å²) in [6.45, 7) is 0.414. The second-order valence-electron chi connectivity index (χ2n) is 3.48. The van der Waals surface area contributed by atoms with Crippen LogP contribution in [-0.4, -0.2) is 37.4 Å². The molecule has 0 radical (unpaired) electrons. The molecule has 9 heteroatoms. The van der Waals surface area contributed by atoms with E-state index < -0.39 is 0 Å². The fraction of sp³-hybridized carbons (Fsp3) is 0.222. The fourth-order valence-electron chi connectivity index (χ4n) is 1.51. The van der Waals surface area contributed by atoms with Gasteiger partial charge in [0.15, 0.2) is 11.5 Å². The number of nitrogens with one attached hydrogen (secondary N) is 3. The molecule has 3 rings (SSSR count). The average Bonchev–Trinajstić information content (AvgIpc) is 3.06. The van der Waals surface area contributed by atoms with Gasteiger partial charge in [-0.05, 0) is 0 Å². The van der Waals surface area contributed by atoms with E-state index in [1.165, 1.54) is 6.39 Å². The molecular formula is C9H10N8O. The van der Waals surface area contributed by atoms with Crippen molar-refractivity contribution in [3.8, 4) is 0 Å². The molecule has 0 aromatic carbocycles. The SMILES string of the molecule is CNc1nc(NCc2ncon2)c2cn[nH]c2n1. The Bertz CT molecular complexity index is 646. The molecule has 18 heavy (non-hydrogen) atoms. The Morgan fingerprint density at radius 3 is 3.11 bits per heavy atom. The Labute approximate surface area is 101 Å². The molecule has 0 atom stereocenters. The number of hydrogen-bond donors (Lipinski definition) is 3. The highest BCUT2D eigenvalue weighted by atomic mass is 16.5. The van der Waals surface area contributed by atoms with Crippen molar-refractivity contribution >= 4 is 22.8 Å². The molecule has 0 spiro atoms. The van der Waals surface area contributed by atoms with E-state index in [-0.39, 0.29) is 0 Å². The second-order valence-corrected chi connectivity index (χ2v) is 3.48. The van der Waals surface area contributed by atoms with Crippen LogP contribution in [0.4, 0.5) is 11.8 Å². The van der Waals surface area contributed by atoms with Gasteiger partial charge in [0.25, 0.3) is 0 Å². The summed E-state index contributed by atoms with van der Waals surface area (Å²) < 4.78 is 4.66. The highest BCUT2D eigenvalue weighted by Crippen LogP contribution is 2.19. The van der Waals surface area contributed by atoms with E-state index in [1.54, 1.807) is 13.2 Å². The van der Waals surface area contributed by atoms with Crippen LogP contribution in [0.25, 0.3) is 11.0 Å². The van der Waals surface area contributed by atoms with Crippen molar-refractivity contribution in [1.82, 2.24) is 30.3 Å². The van der Waals surface area contributed by atoms with Crippen LogP contribution in [0.3, 0.4) is 0 Å². The first-order chi connectivity index (χ1) is 8.86. The van der Waals surface area contributed by atoms with E-state index in [9.17, 15) is 0 Å². The van der Waals surface area contributed by atoms with E-state index in [0.29, 0.717) is 29.8 Å². The first-order valence-electron chi connectivity index (χ1n) is 5.25. The van der Waals surface area contributed by atoms with Crippen molar-refractivity contribution in [2.45, 2.75) is 6.54 Å². The largest absolute Gasteiger partial charge is 0.362 e. The molecule has 0 bridgehead atoms. The van der Waals surface area contributed by atoms with Gasteiger partial charge in [-0.25, -0.2) is 0 Å². The average molecular weight is 246 g/mol. The molecule has 3 heterocycles. The van der Waals surface area contributed by atoms with E-state index in [4.69, 9.17) is 0 Å². The second kappa shape index (κ2) is 4.28. The van der Waals surface area contributed by atoms with Crippen LogP contribution in [0.2, 0.25) is 0 Å². The zero-order valence-electron chi connectivity index (χ0n) is 9.51. The van der Waals surface area contributed by atoms with Crippen LogP contribution in [0.15, 0.2) is 17.1 Å². The normalized spacial score (nSPS) is 10.7. The molecule has 0 saturated carbocycles. The summed E-state index contributed by atoms with van der Waals surface area (Å²) in [5, 5.41) is 17.2. The lowest BCUT2D eigenvalue weighted by molar-refractivity contribution is 0.411. The molecule has 9 nitrogen and oxygen atoms in total. The number of hydrogen-bond acceptors (Lipinski definition) is 8. The standard InChI is InChI=1S/C9H10N8O/c1-10-9-14-7(5-2-13-16-8(5)15-9)11-3-6-12-4-18-17-6/h2,4H,3H2,1H3,(H3,10,11,13,14,15,16). The lowest BCUT2D eigenvalue weighted by Crippen LogP contribution is -2.06. The molecule has 92 valence electrons. The molecule has 3 aromatic heterocycles. The Kier molecular flexibility index (Phi) is 2.48. The lowest BCUT2D eigenvalue weighted by atomic mass is 10.4. The summed E-state index contributed by atoms with van der Waals surface area (Å²) in [4.78, 5) is 12.5. The van der Waals surface area contributed by atoms with Crippen LogP contribution in [0, 0.1) is 0 Å². The maximum Gasteiger partial charge on any atom is 0.226 e. The first-order valence-corrected chi connectivity index (χ1v) is 5.25. The van der Waals surface area contributed by atoms with Crippen molar-refractivity contribution in [2.75, 3.05) is 17.7 Å². The fourth-order valence-corrected chi connectivity index (χ4v) is 1.51. The molecule has 0 aliphatic rings. The summed E-state index contributed by atoms with van der Waals surface area (Å²) in [6, 6.07) is 0. The van der Waals surface area contributed by atoms with Gasteiger partial charge >= 0.3 is 0 Å². The number of H-pyrrole nitrogens is 1. The van der Waals surface area contributed by atoms with Crippen LogP contribution < -0.4 is 10.6 Å². The Balaban J connectivity index is 1.92. The monoisotopic (exact) mass is 246 g/mol. The minimum Gasteiger partial charge on any atom is -0.362 e. The van der Waals surface area contributed by atoms with Crippen LogP contribution in [0.1, 0.15) is 5.82 Å². The first kappa shape index (κ1) is 10.4. The zero-order valence-corrected chi connectivity index (χ0v) is 9.51. The van der Waals surface area contributed by atoms with Gasteiger partial charge in [0.2, 0.25) is 12.3 Å². The van der Waals surface area contributed by atoms with Gasteiger partial charge in [0.05, 0.1) is 18.1 Å². The van der Waals surface area contributed by atoms with E-state index in [2.05, 4.69) is 45.5 Å². The lowest BCUT2D eigenvalue weighted by Gasteiger charge is -2.05. The molecule has 0 fully saturated rings. The maximum absolute atomic E-state index is 4.66. The van der Waals surface area contributed by atoms with Crippen molar-refractivity contribution in [1.29, 1.82) is 0 Å². The van der Waals surface area contributed by atoms with Crippen molar-refractivity contribution in [3.05, 3.63) is 18.4 Å². The third-order valence-corrected chi connectivity index (χ3v) is 2.35. The summed E-state index contributed by atoms with van der Waals surface area (Å²) >= 11 is 0. The number of aromatic nitrogens is 6. The summed E-state index contributed by atoms with van der Waals surface area (Å²) in [5.74, 6) is 1.71. The van der Waals surface area contributed by atoms with Crippen LogP contribution >= 0.6 is 0 Å². The van der Waals surface area contributed by atoms with Gasteiger partial charge in [-0.1, -0.05) is 5.16 Å². The highest BCUT2D eigenvalue weighted by Gasteiger charge is 2.09. The smallest absolute Gasteiger partial charge is 0.226 e. The summed E-state index contributed by atoms with van der Waals surface area (Å²) in [6.07, 6.45) is 2.94. The van der Waals surface area contributed by atoms with E-state index in [1.807, 2.05) is 0 Å². The summed E-state index contributed by atoms with van der Waals surface area (Å²) in [5.41, 5.74) is 0.657. The third-order valence-electron chi connectivity index (χ3n) is 2.35. The number of aromatic amines is 1. The summed E-state index contributed by atoms with van der Waals surface area (Å²) in [7, 11) is 1.75. The van der Waals surface area contributed by atoms with Gasteiger partial charge in [0.1, 0.15) is 5.82 Å². The quantitative estimate of drug-likeness (QED) is 0.605. The topological polar surface area (TPSA) is 117 Å². The van der Waals surface area contributed by atoms with Crippen molar-refractivity contribution in [2.24, 2.45) is 0 Å². The van der Waals surface area contributed by atoms with Crippen molar-refractivity contribution < 1.29 is 4.52 Å². The number of fused-ring (bicyclic) bond motifs is 1. The van der Waals surface area contributed by atoms with E-state index in [0.717, 1.165) is 5.39 Å². The zero-order chi connectivity index (χ0) is 12.4.